The van der Waals surface area contributed by atoms with Crippen LogP contribution in [0, 0.1) is 6.92 Å². The summed E-state index contributed by atoms with van der Waals surface area (Å²) < 4.78 is 26.3. The van der Waals surface area contributed by atoms with Gasteiger partial charge in [-0.05, 0) is 55.7 Å². The van der Waals surface area contributed by atoms with Crippen LogP contribution in [0.1, 0.15) is 31.4 Å². The molecule has 0 aliphatic carbocycles. The Morgan fingerprint density at radius 2 is 1.71 bits per heavy atom. The van der Waals surface area contributed by atoms with Gasteiger partial charge in [0.25, 0.3) is 0 Å². The van der Waals surface area contributed by atoms with E-state index in [1.807, 2.05) is 0 Å². The third-order valence-electron chi connectivity index (χ3n) is 5.19. The second-order valence-corrected chi connectivity index (χ2v) is 10.9. The molecule has 11 heteroatoms. The van der Waals surface area contributed by atoms with Crippen LogP contribution in [0.5, 0.6) is 0 Å². The average molecular weight is 549 g/mol. The maximum absolute atomic E-state index is 13.6. The topological polar surface area (TPSA) is 86.8 Å². The number of rotatable bonds is 10. The Hall–Kier alpha value is -2.00. The van der Waals surface area contributed by atoms with Crippen LogP contribution in [0.3, 0.4) is 0 Å². The van der Waals surface area contributed by atoms with Gasteiger partial charge in [0.05, 0.1) is 22.0 Å². The second kappa shape index (κ2) is 12.1. The van der Waals surface area contributed by atoms with Crippen LogP contribution in [-0.4, -0.2) is 50.5 Å². The van der Waals surface area contributed by atoms with Crippen molar-refractivity contribution in [1.82, 2.24) is 10.2 Å². The maximum atomic E-state index is 13.6. The van der Waals surface area contributed by atoms with Crippen molar-refractivity contribution in [2.75, 3.05) is 23.7 Å². The van der Waals surface area contributed by atoms with Gasteiger partial charge in [-0.1, -0.05) is 53.9 Å². The quantitative estimate of drug-likeness (QED) is 0.468. The van der Waals surface area contributed by atoms with Gasteiger partial charge in [-0.3, -0.25) is 13.9 Å². The fourth-order valence-corrected chi connectivity index (χ4v) is 4.88. The minimum Gasteiger partial charge on any atom is -0.355 e. The van der Waals surface area contributed by atoms with E-state index in [9.17, 15) is 18.0 Å². The molecule has 34 heavy (non-hydrogen) atoms. The third-order valence-corrected chi connectivity index (χ3v) is 7.29. The summed E-state index contributed by atoms with van der Waals surface area (Å²) in [6.07, 6.45) is 1.35. The maximum Gasteiger partial charge on any atom is 0.244 e. The first kappa shape index (κ1) is 28.2. The van der Waals surface area contributed by atoms with Gasteiger partial charge < -0.3 is 10.2 Å². The van der Waals surface area contributed by atoms with Crippen molar-refractivity contribution in [3.8, 4) is 0 Å². The molecule has 0 saturated carbocycles. The first-order valence-corrected chi connectivity index (χ1v) is 13.6. The Morgan fingerprint density at radius 1 is 1.03 bits per heavy atom. The number of anilines is 1. The Labute approximate surface area is 216 Å². The predicted molar refractivity (Wildman–Crippen MR) is 138 cm³/mol. The molecule has 0 saturated heterocycles. The van der Waals surface area contributed by atoms with Gasteiger partial charge in [-0.2, -0.15) is 0 Å². The number of aryl methyl sites for hydroxylation is 1. The molecule has 2 aromatic rings. The number of benzene rings is 2. The Bertz CT molecular complexity index is 1160. The third kappa shape index (κ3) is 7.25. The molecule has 2 rings (SSSR count). The number of nitrogens with zero attached hydrogens (tertiary/aromatic N) is 2. The lowest BCUT2D eigenvalue weighted by Crippen LogP contribution is -2.52. The summed E-state index contributed by atoms with van der Waals surface area (Å²) in [7, 11) is -3.85. The molecule has 0 aromatic heterocycles. The highest BCUT2D eigenvalue weighted by Crippen LogP contribution is 2.28. The van der Waals surface area contributed by atoms with Crippen molar-refractivity contribution in [1.29, 1.82) is 0 Å². The lowest BCUT2D eigenvalue weighted by atomic mass is 10.1. The average Bonchev–Trinajstić information content (AvgIpc) is 2.75. The van der Waals surface area contributed by atoms with Gasteiger partial charge in [-0.25, -0.2) is 8.42 Å². The van der Waals surface area contributed by atoms with Gasteiger partial charge in [0, 0.05) is 18.1 Å². The van der Waals surface area contributed by atoms with Gasteiger partial charge in [0.1, 0.15) is 12.6 Å². The van der Waals surface area contributed by atoms with E-state index in [4.69, 9.17) is 34.8 Å². The molecule has 7 nitrogen and oxygen atoms in total. The molecule has 2 aromatic carbocycles. The second-order valence-electron chi connectivity index (χ2n) is 7.79. The summed E-state index contributed by atoms with van der Waals surface area (Å²) in [6, 6.07) is 8.92. The van der Waals surface area contributed by atoms with Crippen LogP contribution in [0.15, 0.2) is 36.4 Å². The summed E-state index contributed by atoms with van der Waals surface area (Å²) in [5.74, 6) is -0.878. The van der Waals surface area contributed by atoms with Gasteiger partial charge in [-0.15, -0.1) is 0 Å². The zero-order chi connectivity index (χ0) is 25.6. The van der Waals surface area contributed by atoms with Crippen molar-refractivity contribution in [3.05, 3.63) is 62.6 Å². The Kier molecular flexibility index (Phi) is 10.1. The number of amides is 2. The standard InChI is InChI=1S/C23H28Cl3N3O4S/c1-5-20(23(31)27-6-2)28(13-16-8-10-18(25)19(26)11-16)22(30)14-29(34(4,32)33)21-12-17(24)9-7-15(21)3/h7-12,20H,5-6,13-14H2,1-4H3,(H,27,31)/t20-/m0/s1. The molecule has 2 amide bonds. The number of sulfonamides is 1. The van der Waals surface area contributed by atoms with E-state index < -0.39 is 28.5 Å². The fourth-order valence-electron chi connectivity index (χ4n) is 3.49. The summed E-state index contributed by atoms with van der Waals surface area (Å²) in [6.45, 7) is 5.22. The van der Waals surface area contributed by atoms with Crippen LogP contribution in [0.4, 0.5) is 5.69 Å². The first-order chi connectivity index (χ1) is 15.9. The molecule has 0 heterocycles. The molecular formula is C23H28Cl3N3O4S. The van der Waals surface area contributed by atoms with E-state index in [0.29, 0.717) is 44.8 Å². The lowest BCUT2D eigenvalue weighted by Gasteiger charge is -2.33. The fraction of sp³-hybridized carbons (Fsp3) is 0.391. The van der Waals surface area contributed by atoms with Gasteiger partial charge in [0.15, 0.2) is 0 Å². The molecule has 0 spiro atoms. The van der Waals surface area contributed by atoms with Gasteiger partial charge in [0.2, 0.25) is 21.8 Å². The Morgan fingerprint density at radius 3 is 2.26 bits per heavy atom. The van der Waals surface area contributed by atoms with Gasteiger partial charge >= 0.3 is 0 Å². The molecule has 0 fully saturated rings. The molecule has 1 atom stereocenters. The van der Waals surface area contributed by atoms with Crippen molar-refractivity contribution in [3.63, 3.8) is 0 Å². The summed E-state index contributed by atoms with van der Waals surface area (Å²) in [4.78, 5) is 27.7. The number of nitrogens with one attached hydrogen (secondary N) is 1. The number of carbonyl (C=O) groups is 2. The molecule has 1 N–H and O–H groups in total. The minimum absolute atomic E-state index is 0.0392. The molecule has 0 radical (unpaired) electrons. The SMILES string of the molecule is CCNC(=O)[C@H](CC)N(Cc1ccc(Cl)c(Cl)c1)C(=O)CN(c1cc(Cl)ccc1C)S(C)(=O)=O. The highest BCUT2D eigenvalue weighted by molar-refractivity contribution is 7.92. The zero-order valence-corrected chi connectivity index (χ0v) is 22.5. The summed E-state index contributed by atoms with van der Waals surface area (Å²) >= 11 is 18.3. The molecule has 186 valence electrons. The van der Waals surface area contributed by atoms with E-state index in [1.54, 1.807) is 51.1 Å². The highest BCUT2D eigenvalue weighted by atomic mass is 35.5. The number of likely N-dealkylation sites (N-methyl/N-ethyl adjacent to an activating group) is 1. The number of carbonyl (C=O) groups excluding carboxylic acids is 2. The normalized spacial score (nSPS) is 12.2. The number of hydrogen-bond donors (Lipinski definition) is 1. The number of halogens is 3. The highest BCUT2D eigenvalue weighted by Gasteiger charge is 2.32. The van der Waals surface area contributed by atoms with Crippen LogP contribution in [0.2, 0.25) is 15.1 Å². The van der Waals surface area contributed by atoms with E-state index >= 15 is 0 Å². The zero-order valence-electron chi connectivity index (χ0n) is 19.4. The molecule has 0 unspecified atom stereocenters. The monoisotopic (exact) mass is 547 g/mol. The first-order valence-electron chi connectivity index (χ1n) is 10.6. The number of hydrogen-bond acceptors (Lipinski definition) is 4. The summed E-state index contributed by atoms with van der Waals surface area (Å²) in [5.41, 5.74) is 1.58. The lowest BCUT2D eigenvalue weighted by molar-refractivity contribution is -0.140. The summed E-state index contributed by atoms with van der Waals surface area (Å²) in [5, 5.41) is 3.75. The molecule has 0 bridgehead atoms. The van der Waals surface area contributed by atoms with Crippen LogP contribution in [-0.2, 0) is 26.2 Å². The van der Waals surface area contributed by atoms with E-state index in [-0.39, 0.29) is 12.5 Å². The Balaban J connectivity index is 2.50. The van der Waals surface area contributed by atoms with E-state index in [1.165, 1.54) is 11.0 Å². The smallest absolute Gasteiger partial charge is 0.244 e. The molecular weight excluding hydrogens is 521 g/mol. The van der Waals surface area contributed by atoms with Crippen molar-refractivity contribution < 1.29 is 18.0 Å². The molecule has 0 aliphatic rings. The minimum atomic E-state index is -3.85. The van der Waals surface area contributed by atoms with E-state index in [2.05, 4.69) is 5.32 Å². The van der Waals surface area contributed by atoms with Crippen molar-refractivity contribution in [2.45, 2.75) is 39.8 Å². The van der Waals surface area contributed by atoms with Crippen molar-refractivity contribution in [2.24, 2.45) is 0 Å². The van der Waals surface area contributed by atoms with E-state index in [0.717, 1.165) is 10.6 Å². The molecule has 0 aliphatic heterocycles. The van der Waals surface area contributed by atoms with Crippen LogP contribution in [0.25, 0.3) is 0 Å². The van der Waals surface area contributed by atoms with Crippen LogP contribution >= 0.6 is 34.8 Å². The van der Waals surface area contributed by atoms with Crippen molar-refractivity contribution >= 4 is 62.3 Å². The largest absolute Gasteiger partial charge is 0.355 e. The predicted octanol–water partition coefficient (Wildman–Crippen LogP) is 4.66. The van der Waals surface area contributed by atoms with Crippen LogP contribution < -0.4 is 9.62 Å².